The molecule has 0 saturated heterocycles. The van der Waals surface area contributed by atoms with Crippen molar-refractivity contribution in [3.63, 3.8) is 0 Å². The highest BCUT2D eigenvalue weighted by Crippen LogP contribution is 2.34. The van der Waals surface area contributed by atoms with Gasteiger partial charge >= 0.3 is 0 Å². The van der Waals surface area contributed by atoms with Crippen LogP contribution in [0.15, 0.2) is 78.9 Å². The van der Waals surface area contributed by atoms with Crippen LogP contribution in [0.4, 0.5) is 5.69 Å². The predicted octanol–water partition coefficient (Wildman–Crippen LogP) is 4.12. The molecule has 0 aromatic heterocycles. The van der Waals surface area contributed by atoms with Crippen molar-refractivity contribution in [1.82, 2.24) is 5.32 Å². The number of fused-ring (bicyclic) bond motifs is 1. The zero-order valence-electron chi connectivity index (χ0n) is 15.6. The molecule has 1 atom stereocenters. The van der Waals surface area contributed by atoms with Crippen LogP contribution in [0.5, 0.6) is 11.5 Å². The topological polar surface area (TPSA) is 59.6 Å². The summed E-state index contributed by atoms with van der Waals surface area (Å²) in [6.45, 7) is 2.07. The summed E-state index contributed by atoms with van der Waals surface area (Å²) in [5.41, 5.74) is 2.90. The van der Waals surface area contributed by atoms with Crippen LogP contribution in [-0.4, -0.2) is 18.7 Å². The van der Waals surface area contributed by atoms with Crippen LogP contribution in [0.1, 0.15) is 24.1 Å². The number of hydrogen-bond acceptors (Lipinski definition) is 4. The van der Waals surface area contributed by atoms with Gasteiger partial charge in [0.05, 0.1) is 12.1 Å². The highest BCUT2D eigenvalue weighted by molar-refractivity contribution is 5.95. The number of benzene rings is 3. The maximum Gasteiger partial charge on any atom is 0.241 e. The quantitative estimate of drug-likeness (QED) is 0.681. The number of ether oxygens (including phenoxy) is 2. The second-order valence-corrected chi connectivity index (χ2v) is 6.70. The number of anilines is 1. The van der Waals surface area contributed by atoms with E-state index in [1.807, 2.05) is 49.4 Å². The maximum atomic E-state index is 12.8. The van der Waals surface area contributed by atoms with Crippen molar-refractivity contribution in [1.29, 1.82) is 0 Å². The van der Waals surface area contributed by atoms with E-state index in [-0.39, 0.29) is 18.7 Å². The van der Waals surface area contributed by atoms with Crippen LogP contribution in [-0.2, 0) is 4.79 Å². The molecule has 0 bridgehead atoms. The Morgan fingerprint density at radius 1 is 0.857 bits per heavy atom. The predicted molar refractivity (Wildman–Crippen MR) is 109 cm³/mol. The van der Waals surface area contributed by atoms with Crippen molar-refractivity contribution >= 4 is 11.6 Å². The minimum absolute atomic E-state index is 0.0834. The normalized spacial score (nSPS) is 13.4. The first-order chi connectivity index (χ1) is 13.7. The first-order valence-electron chi connectivity index (χ1n) is 9.27. The Balaban J connectivity index is 1.49. The van der Waals surface area contributed by atoms with Crippen molar-refractivity contribution in [3.8, 4) is 11.5 Å². The van der Waals surface area contributed by atoms with Crippen molar-refractivity contribution < 1.29 is 14.3 Å². The molecule has 1 aliphatic heterocycles. The third-order valence-corrected chi connectivity index (χ3v) is 4.72. The monoisotopic (exact) mass is 374 g/mol. The lowest BCUT2D eigenvalue weighted by Gasteiger charge is -2.24. The Morgan fingerprint density at radius 3 is 2.11 bits per heavy atom. The first kappa shape index (κ1) is 18.1. The summed E-state index contributed by atoms with van der Waals surface area (Å²) in [7, 11) is 0. The zero-order chi connectivity index (χ0) is 19.3. The Bertz CT molecular complexity index is 905. The Kier molecular flexibility index (Phi) is 5.26. The number of hydrogen-bond donors (Lipinski definition) is 2. The van der Waals surface area contributed by atoms with E-state index in [1.54, 1.807) is 12.1 Å². The Morgan fingerprint density at radius 2 is 1.46 bits per heavy atom. The number of nitrogens with one attached hydrogen (secondary N) is 2. The molecule has 0 fully saturated rings. The molecule has 5 heteroatoms. The fourth-order valence-electron chi connectivity index (χ4n) is 3.23. The van der Waals surface area contributed by atoms with E-state index in [0.29, 0.717) is 17.2 Å². The minimum Gasteiger partial charge on any atom is -0.454 e. The second kappa shape index (κ2) is 8.15. The van der Waals surface area contributed by atoms with Gasteiger partial charge in [0.15, 0.2) is 11.5 Å². The van der Waals surface area contributed by atoms with E-state index in [0.717, 1.165) is 11.1 Å². The molecule has 1 amide bonds. The fraction of sp³-hybridized carbons (Fsp3) is 0.174. The first-order valence-corrected chi connectivity index (χ1v) is 9.27. The molecule has 1 unspecified atom stereocenters. The number of amides is 1. The molecular weight excluding hydrogens is 352 g/mol. The Hall–Kier alpha value is -3.31. The molecule has 1 heterocycles. The Labute approximate surface area is 164 Å². The van der Waals surface area contributed by atoms with E-state index >= 15 is 0 Å². The van der Waals surface area contributed by atoms with E-state index in [2.05, 4.69) is 34.9 Å². The van der Waals surface area contributed by atoms with E-state index < -0.39 is 6.04 Å². The molecular formula is C23H22N2O3. The average Bonchev–Trinajstić information content (AvgIpc) is 3.21. The van der Waals surface area contributed by atoms with Crippen molar-refractivity contribution in [3.05, 3.63) is 90.0 Å². The van der Waals surface area contributed by atoms with Crippen LogP contribution in [0.25, 0.3) is 0 Å². The minimum atomic E-state index is -0.407. The van der Waals surface area contributed by atoms with Crippen LogP contribution in [0, 0.1) is 0 Å². The van der Waals surface area contributed by atoms with Crippen molar-refractivity contribution in [2.24, 2.45) is 0 Å². The average molecular weight is 374 g/mol. The molecule has 0 saturated carbocycles. The second-order valence-electron chi connectivity index (χ2n) is 6.70. The van der Waals surface area contributed by atoms with Gasteiger partial charge in [0, 0.05) is 11.8 Å². The van der Waals surface area contributed by atoms with Crippen LogP contribution in [0.3, 0.4) is 0 Å². The summed E-state index contributed by atoms with van der Waals surface area (Å²) in [6.07, 6.45) is 0. The summed E-state index contributed by atoms with van der Waals surface area (Å²) >= 11 is 0. The molecule has 0 aliphatic carbocycles. The maximum absolute atomic E-state index is 12.8. The molecule has 3 aromatic carbocycles. The summed E-state index contributed by atoms with van der Waals surface area (Å²) in [5, 5.41) is 6.40. The summed E-state index contributed by atoms with van der Waals surface area (Å²) in [6, 6.07) is 25.1. The van der Waals surface area contributed by atoms with Crippen LogP contribution < -0.4 is 20.1 Å². The van der Waals surface area contributed by atoms with Gasteiger partial charge in [-0.15, -0.1) is 0 Å². The van der Waals surface area contributed by atoms with Gasteiger partial charge in [-0.25, -0.2) is 0 Å². The molecule has 0 spiro atoms. The largest absolute Gasteiger partial charge is 0.454 e. The van der Waals surface area contributed by atoms with Gasteiger partial charge in [-0.1, -0.05) is 60.7 Å². The SMILES string of the molecule is CC(NC(c1ccccc1)c1ccccc1)C(=O)Nc1ccc2c(c1)OCO2. The molecule has 28 heavy (non-hydrogen) atoms. The molecule has 2 N–H and O–H groups in total. The lowest BCUT2D eigenvalue weighted by Crippen LogP contribution is -2.40. The van der Waals surface area contributed by atoms with Crippen molar-refractivity contribution in [2.75, 3.05) is 12.1 Å². The van der Waals surface area contributed by atoms with Gasteiger partial charge in [-0.3, -0.25) is 10.1 Å². The zero-order valence-corrected chi connectivity index (χ0v) is 15.6. The van der Waals surface area contributed by atoms with E-state index in [9.17, 15) is 4.79 Å². The summed E-state index contributed by atoms with van der Waals surface area (Å²) in [4.78, 5) is 12.8. The number of carbonyl (C=O) groups is 1. The lowest BCUT2D eigenvalue weighted by molar-refractivity contribution is -0.117. The molecule has 1 aliphatic rings. The third-order valence-electron chi connectivity index (χ3n) is 4.72. The molecule has 4 rings (SSSR count). The van der Waals surface area contributed by atoms with Gasteiger partial charge in [-0.05, 0) is 30.2 Å². The number of rotatable bonds is 6. The molecule has 5 nitrogen and oxygen atoms in total. The van der Waals surface area contributed by atoms with Gasteiger partial charge < -0.3 is 14.8 Å². The number of carbonyl (C=O) groups excluding carboxylic acids is 1. The molecule has 0 radical (unpaired) electrons. The van der Waals surface area contributed by atoms with Crippen LogP contribution >= 0.6 is 0 Å². The smallest absolute Gasteiger partial charge is 0.241 e. The van der Waals surface area contributed by atoms with Gasteiger partial charge in [-0.2, -0.15) is 0 Å². The molecule has 142 valence electrons. The van der Waals surface area contributed by atoms with Gasteiger partial charge in [0.25, 0.3) is 0 Å². The summed E-state index contributed by atoms with van der Waals surface area (Å²) < 4.78 is 10.7. The lowest BCUT2D eigenvalue weighted by atomic mass is 9.98. The highest BCUT2D eigenvalue weighted by atomic mass is 16.7. The van der Waals surface area contributed by atoms with Gasteiger partial charge in [0.2, 0.25) is 12.7 Å². The summed E-state index contributed by atoms with van der Waals surface area (Å²) in [5.74, 6) is 1.22. The van der Waals surface area contributed by atoms with Crippen molar-refractivity contribution in [2.45, 2.75) is 19.0 Å². The van der Waals surface area contributed by atoms with Gasteiger partial charge in [0.1, 0.15) is 0 Å². The van der Waals surface area contributed by atoms with E-state index in [4.69, 9.17) is 9.47 Å². The van der Waals surface area contributed by atoms with Crippen LogP contribution in [0.2, 0.25) is 0 Å². The third kappa shape index (κ3) is 4.00. The fourth-order valence-corrected chi connectivity index (χ4v) is 3.23. The standard InChI is InChI=1S/C23H22N2O3/c1-16(23(26)25-19-12-13-20-21(14-19)28-15-27-20)24-22(17-8-4-2-5-9-17)18-10-6-3-7-11-18/h2-14,16,22,24H,15H2,1H3,(H,25,26). The molecule has 3 aromatic rings. The van der Waals surface area contributed by atoms with E-state index in [1.165, 1.54) is 0 Å². The highest BCUT2D eigenvalue weighted by Gasteiger charge is 2.21.